The summed E-state index contributed by atoms with van der Waals surface area (Å²) >= 11 is 3.48. The van der Waals surface area contributed by atoms with Crippen molar-refractivity contribution in [1.82, 2.24) is 0 Å². The maximum atomic E-state index is 6.00. The standard InChI is InChI=1S/C12H17BrN2O/c1-15(10-4-6-16-7-5-10)12-8-9(13)2-3-11(12)14/h2-3,8,10H,4-7,14H2,1H3. The minimum Gasteiger partial charge on any atom is -0.397 e. The topological polar surface area (TPSA) is 38.5 Å². The Hall–Kier alpha value is -0.740. The van der Waals surface area contributed by atoms with Gasteiger partial charge in [0, 0.05) is 30.8 Å². The Kier molecular flexibility index (Phi) is 3.71. The summed E-state index contributed by atoms with van der Waals surface area (Å²) in [7, 11) is 2.11. The first-order valence-corrected chi connectivity index (χ1v) is 6.33. The smallest absolute Gasteiger partial charge is 0.0611 e. The van der Waals surface area contributed by atoms with Crippen molar-refractivity contribution in [2.45, 2.75) is 18.9 Å². The lowest BCUT2D eigenvalue weighted by atomic mass is 10.1. The molecule has 1 aliphatic heterocycles. The summed E-state index contributed by atoms with van der Waals surface area (Å²) in [4.78, 5) is 2.27. The largest absolute Gasteiger partial charge is 0.397 e. The quantitative estimate of drug-likeness (QED) is 0.849. The molecule has 0 aliphatic carbocycles. The predicted molar refractivity (Wildman–Crippen MR) is 70.8 cm³/mol. The second kappa shape index (κ2) is 5.06. The molecular weight excluding hydrogens is 268 g/mol. The van der Waals surface area contributed by atoms with Gasteiger partial charge in [0.25, 0.3) is 0 Å². The Balaban J connectivity index is 2.18. The summed E-state index contributed by atoms with van der Waals surface area (Å²) in [5.41, 5.74) is 7.93. The third-order valence-corrected chi connectivity index (χ3v) is 3.60. The third kappa shape index (κ3) is 2.50. The van der Waals surface area contributed by atoms with Gasteiger partial charge in [0.1, 0.15) is 0 Å². The van der Waals surface area contributed by atoms with E-state index in [9.17, 15) is 0 Å². The van der Waals surface area contributed by atoms with Crippen LogP contribution in [0.2, 0.25) is 0 Å². The molecule has 88 valence electrons. The summed E-state index contributed by atoms with van der Waals surface area (Å²) in [6, 6.07) is 6.52. The summed E-state index contributed by atoms with van der Waals surface area (Å²) in [5.74, 6) is 0. The maximum Gasteiger partial charge on any atom is 0.0611 e. The van der Waals surface area contributed by atoms with Crippen LogP contribution in [-0.2, 0) is 4.74 Å². The summed E-state index contributed by atoms with van der Waals surface area (Å²) < 4.78 is 6.44. The van der Waals surface area contributed by atoms with Crippen LogP contribution in [0, 0.1) is 0 Å². The summed E-state index contributed by atoms with van der Waals surface area (Å²) in [5, 5.41) is 0. The van der Waals surface area contributed by atoms with Crippen LogP contribution in [0.4, 0.5) is 11.4 Å². The monoisotopic (exact) mass is 284 g/mol. The lowest BCUT2D eigenvalue weighted by Gasteiger charge is -2.33. The van der Waals surface area contributed by atoms with E-state index in [0.29, 0.717) is 6.04 Å². The number of nitrogens with zero attached hydrogens (tertiary/aromatic N) is 1. The van der Waals surface area contributed by atoms with Crippen molar-refractivity contribution in [2.75, 3.05) is 30.9 Å². The van der Waals surface area contributed by atoms with E-state index in [1.165, 1.54) is 0 Å². The zero-order chi connectivity index (χ0) is 11.5. The van der Waals surface area contributed by atoms with Gasteiger partial charge in [-0.05, 0) is 31.0 Å². The number of nitrogens with two attached hydrogens (primary N) is 1. The van der Waals surface area contributed by atoms with Crippen LogP contribution in [0.25, 0.3) is 0 Å². The third-order valence-electron chi connectivity index (χ3n) is 3.11. The van der Waals surface area contributed by atoms with Gasteiger partial charge in [0.15, 0.2) is 0 Å². The second-order valence-electron chi connectivity index (χ2n) is 4.16. The Bertz CT molecular complexity index is 364. The lowest BCUT2D eigenvalue weighted by Crippen LogP contribution is -2.37. The Morgan fingerprint density at radius 3 is 2.75 bits per heavy atom. The van der Waals surface area contributed by atoms with Crippen molar-refractivity contribution >= 4 is 27.3 Å². The van der Waals surface area contributed by atoms with Gasteiger partial charge in [0.2, 0.25) is 0 Å². The van der Waals surface area contributed by atoms with Crippen LogP contribution in [0.5, 0.6) is 0 Å². The molecule has 2 rings (SSSR count). The molecule has 1 aromatic carbocycles. The number of hydrogen-bond acceptors (Lipinski definition) is 3. The van der Waals surface area contributed by atoms with E-state index >= 15 is 0 Å². The van der Waals surface area contributed by atoms with Crippen molar-refractivity contribution in [3.8, 4) is 0 Å². The molecule has 3 nitrogen and oxygen atoms in total. The van der Waals surface area contributed by atoms with Crippen molar-refractivity contribution < 1.29 is 4.74 Å². The first kappa shape index (κ1) is 11.7. The van der Waals surface area contributed by atoms with Gasteiger partial charge >= 0.3 is 0 Å². The van der Waals surface area contributed by atoms with Crippen LogP contribution >= 0.6 is 15.9 Å². The van der Waals surface area contributed by atoms with Gasteiger partial charge in [-0.25, -0.2) is 0 Å². The highest BCUT2D eigenvalue weighted by molar-refractivity contribution is 9.10. The molecule has 2 N–H and O–H groups in total. The summed E-state index contributed by atoms with van der Waals surface area (Å²) in [6.45, 7) is 1.70. The maximum absolute atomic E-state index is 6.00. The number of rotatable bonds is 2. The highest BCUT2D eigenvalue weighted by Gasteiger charge is 2.20. The molecule has 0 saturated carbocycles. The van der Waals surface area contributed by atoms with E-state index in [1.807, 2.05) is 12.1 Å². The fourth-order valence-corrected chi connectivity index (χ4v) is 2.44. The number of nitrogen functional groups attached to an aromatic ring is 1. The molecule has 0 radical (unpaired) electrons. The molecule has 1 heterocycles. The van der Waals surface area contributed by atoms with Crippen LogP contribution in [0.3, 0.4) is 0 Å². The minimum absolute atomic E-state index is 0.533. The molecule has 1 aliphatic rings. The zero-order valence-corrected chi connectivity index (χ0v) is 11.0. The Morgan fingerprint density at radius 1 is 1.38 bits per heavy atom. The molecule has 0 aromatic heterocycles. The second-order valence-corrected chi connectivity index (χ2v) is 5.07. The normalized spacial score (nSPS) is 17.4. The number of hydrogen-bond donors (Lipinski definition) is 1. The molecule has 0 unspecified atom stereocenters. The van der Waals surface area contributed by atoms with Crippen molar-refractivity contribution in [1.29, 1.82) is 0 Å². The first-order valence-electron chi connectivity index (χ1n) is 5.54. The molecule has 0 atom stereocenters. The van der Waals surface area contributed by atoms with E-state index in [1.54, 1.807) is 0 Å². The van der Waals surface area contributed by atoms with Crippen LogP contribution in [-0.4, -0.2) is 26.3 Å². The highest BCUT2D eigenvalue weighted by atomic mass is 79.9. The van der Waals surface area contributed by atoms with E-state index in [4.69, 9.17) is 10.5 Å². The summed E-state index contributed by atoms with van der Waals surface area (Å²) in [6.07, 6.45) is 2.14. The molecule has 1 aromatic rings. The Labute approximate surface area is 105 Å². The first-order chi connectivity index (χ1) is 7.68. The number of anilines is 2. The van der Waals surface area contributed by atoms with Crippen LogP contribution < -0.4 is 10.6 Å². The van der Waals surface area contributed by atoms with Crippen LogP contribution in [0.1, 0.15) is 12.8 Å². The molecule has 0 spiro atoms. The van der Waals surface area contributed by atoms with Gasteiger partial charge in [-0.1, -0.05) is 15.9 Å². The average molecular weight is 285 g/mol. The molecular formula is C12H17BrN2O. The van der Waals surface area contributed by atoms with Gasteiger partial charge < -0.3 is 15.4 Å². The molecule has 4 heteroatoms. The number of ether oxygens (including phenoxy) is 1. The van der Waals surface area contributed by atoms with Crippen molar-refractivity contribution in [2.24, 2.45) is 0 Å². The van der Waals surface area contributed by atoms with E-state index in [0.717, 1.165) is 41.9 Å². The van der Waals surface area contributed by atoms with Gasteiger partial charge in [-0.15, -0.1) is 0 Å². The molecule has 0 amide bonds. The predicted octanol–water partition coefficient (Wildman–Crippen LogP) is 2.65. The van der Waals surface area contributed by atoms with Gasteiger partial charge in [-0.3, -0.25) is 0 Å². The minimum atomic E-state index is 0.533. The molecule has 16 heavy (non-hydrogen) atoms. The molecule has 1 saturated heterocycles. The van der Waals surface area contributed by atoms with Gasteiger partial charge in [-0.2, -0.15) is 0 Å². The van der Waals surface area contributed by atoms with Gasteiger partial charge in [0.05, 0.1) is 11.4 Å². The van der Waals surface area contributed by atoms with Crippen LogP contribution in [0.15, 0.2) is 22.7 Å². The lowest BCUT2D eigenvalue weighted by molar-refractivity contribution is 0.0855. The van der Waals surface area contributed by atoms with E-state index < -0.39 is 0 Å². The van der Waals surface area contributed by atoms with E-state index in [-0.39, 0.29) is 0 Å². The zero-order valence-electron chi connectivity index (χ0n) is 9.45. The van der Waals surface area contributed by atoms with E-state index in [2.05, 4.69) is 33.9 Å². The highest BCUT2D eigenvalue weighted by Crippen LogP contribution is 2.29. The fraction of sp³-hybridized carbons (Fsp3) is 0.500. The van der Waals surface area contributed by atoms with Crippen molar-refractivity contribution in [3.63, 3.8) is 0 Å². The molecule has 1 fully saturated rings. The van der Waals surface area contributed by atoms with Crippen molar-refractivity contribution in [3.05, 3.63) is 22.7 Å². The number of benzene rings is 1. The molecule has 0 bridgehead atoms. The average Bonchev–Trinajstić information content (AvgIpc) is 2.32. The number of halogens is 1. The SMILES string of the molecule is CN(c1cc(Br)ccc1N)C1CCOCC1. The fourth-order valence-electron chi connectivity index (χ4n) is 2.09. The Morgan fingerprint density at radius 2 is 2.06 bits per heavy atom.